The van der Waals surface area contributed by atoms with Crippen LogP contribution in [0, 0.1) is 20.8 Å². The van der Waals surface area contributed by atoms with E-state index in [2.05, 4.69) is 62.0 Å². The van der Waals surface area contributed by atoms with Gasteiger partial charge in [0.25, 0.3) is 0 Å². The van der Waals surface area contributed by atoms with Crippen molar-refractivity contribution in [3.8, 4) is 11.3 Å². The van der Waals surface area contributed by atoms with Gasteiger partial charge in [0.2, 0.25) is 0 Å². The van der Waals surface area contributed by atoms with Gasteiger partial charge in [0.05, 0.1) is 5.69 Å². The van der Waals surface area contributed by atoms with Crippen molar-refractivity contribution in [3.05, 3.63) is 40.7 Å². The van der Waals surface area contributed by atoms with Gasteiger partial charge in [-0.3, -0.25) is 0 Å². The Morgan fingerprint density at radius 2 is 1.60 bits per heavy atom. The standard InChI is InChI=1S/C17H23N3/c1-10(2)14-16(19-9-20-17(14)18-6)15-12(4)7-11(3)8-13(15)5/h7-10H,1-6H3,(H,18,19,20). The van der Waals surface area contributed by atoms with Crippen LogP contribution < -0.4 is 5.32 Å². The van der Waals surface area contributed by atoms with Crippen LogP contribution in [0.25, 0.3) is 11.3 Å². The lowest BCUT2D eigenvalue weighted by molar-refractivity contribution is 0.851. The lowest BCUT2D eigenvalue weighted by Crippen LogP contribution is -2.06. The summed E-state index contributed by atoms with van der Waals surface area (Å²) < 4.78 is 0. The van der Waals surface area contributed by atoms with Crippen LogP contribution in [0.15, 0.2) is 18.5 Å². The maximum Gasteiger partial charge on any atom is 0.133 e. The minimum absolute atomic E-state index is 0.369. The second-order valence-electron chi connectivity index (χ2n) is 5.66. The largest absolute Gasteiger partial charge is 0.373 e. The summed E-state index contributed by atoms with van der Waals surface area (Å²) in [6.07, 6.45) is 1.64. The zero-order chi connectivity index (χ0) is 14.9. The molecule has 0 atom stereocenters. The summed E-state index contributed by atoms with van der Waals surface area (Å²) in [5, 5.41) is 3.19. The SMILES string of the molecule is CNc1ncnc(-c2c(C)cc(C)cc2C)c1C(C)C. The van der Waals surface area contributed by atoms with Gasteiger partial charge in [-0.15, -0.1) is 0 Å². The molecule has 0 aliphatic heterocycles. The summed E-state index contributed by atoms with van der Waals surface area (Å²) in [5.74, 6) is 1.29. The van der Waals surface area contributed by atoms with E-state index in [-0.39, 0.29) is 0 Å². The Morgan fingerprint density at radius 1 is 1.00 bits per heavy atom. The molecule has 0 unspecified atom stereocenters. The Labute approximate surface area is 121 Å². The average molecular weight is 269 g/mol. The highest BCUT2D eigenvalue weighted by Gasteiger charge is 2.18. The van der Waals surface area contributed by atoms with E-state index in [1.807, 2.05) is 7.05 Å². The fourth-order valence-electron chi connectivity index (χ4n) is 2.89. The molecule has 3 nitrogen and oxygen atoms in total. The quantitative estimate of drug-likeness (QED) is 0.906. The van der Waals surface area contributed by atoms with E-state index in [1.54, 1.807) is 6.33 Å². The molecule has 0 aliphatic rings. The van der Waals surface area contributed by atoms with E-state index in [4.69, 9.17) is 0 Å². The van der Waals surface area contributed by atoms with E-state index in [1.165, 1.54) is 27.8 Å². The van der Waals surface area contributed by atoms with Crippen LogP contribution in [0.5, 0.6) is 0 Å². The van der Waals surface area contributed by atoms with Gasteiger partial charge in [0.1, 0.15) is 12.1 Å². The highest BCUT2D eigenvalue weighted by atomic mass is 15.0. The molecule has 106 valence electrons. The molecular formula is C17H23N3. The van der Waals surface area contributed by atoms with Crippen molar-refractivity contribution in [2.75, 3.05) is 12.4 Å². The smallest absolute Gasteiger partial charge is 0.133 e. The molecule has 0 spiro atoms. The van der Waals surface area contributed by atoms with Gasteiger partial charge in [0.15, 0.2) is 0 Å². The Kier molecular flexibility index (Phi) is 4.07. The molecule has 0 radical (unpaired) electrons. The number of anilines is 1. The van der Waals surface area contributed by atoms with Crippen molar-refractivity contribution in [1.82, 2.24) is 9.97 Å². The lowest BCUT2D eigenvalue weighted by Gasteiger charge is -2.18. The predicted molar refractivity (Wildman–Crippen MR) is 85.3 cm³/mol. The van der Waals surface area contributed by atoms with Crippen LogP contribution in [0.4, 0.5) is 5.82 Å². The van der Waals surface area contributed by atoms with Crippen LogP contribution in [0.3, 0.4) is 0 Å². The number of hydrogen-bond acceptors (Lipinski definition) is 3. The molecule has 3 heteroatoms. The van der Waals surface area contributed by atoms with Gasteiger partial charge in [-0.25, -0.2) is 9.97 Å². The number of nitrogens with one attached hydrogen (secondary N) is 1. The van der Waals surface area contributed by atoms with Crippen LogP contribution in [0.2, 0.25) is 0 Å². The lowest BCUT2D eigenvalue weighted by atomic mass is 9.91. The van der Waals surface area contributed by atoms with Crippen molar-refractivity contribution >= 4 is 5.82 Å². The molecular weight excluding hydrogens is 246 g/mol. The first-order valence-electron chi connectivity index (χ1n) is 7.06. The van der Waals surface area contributed by atoms with Gasteiger partial charge in [-0.2, -0.15) is 0 Å². The molecule has 20 heavy (non-hydrogen) atoms. The first kappa shape index (κ1) is 14.5. The summed E-state index contributed by atoms with van der Waals surface area (Å²) in [5.41, 5.74) is 7.30. The molecule has 0 aliphatic carbocycles. The van der Waals surface area contributed by atoms with Crippen molar-refractivity contribution in [2.45, 2.75) is 40.5 Å². The fourth-order valence-corrected chi connectivity index (χ4v) is 2.89. The van der Waals surface area contributed by atoms with E-state index in [9.17, 15) is 0 Å². The van der Waals surface area contributed by atoms with Crippen molar-refractivity contribution < 1.29 is 0 Å². The Hall–Kier alpha value is -1.90. The molecule has 0 fully saturated rings. The van der Waals surface area contributed by atoms with Crippen LogP contribution in [0.1, 0.15) is 42.0 Å². The first-order chi connectivity index (χ1) is 9.45. The second-order valence-corrected chi connectivity index (χ2v) is 5.66. The number of aryl methyl sites for hydroxylation is 3. The zero-order valence-corrected chi connectivity index (χ0v) is 13.2. The first-order valence-corrected chi connectivity index (χ1v) is 7.06. The maximum absolute atomic E-state index is 4.58. The summed E-state index contributed by atoms with van der Waals surface area (Å²) in [7, 11) is 1.91. The topological polar surface area (TPSA) is 37.8 Å². The monoisotopic (exact) mass is 269 g/mol. The maximum atomic E-state index is 4.58. The van der Waals surface area contributed by atoms with Crippen molar-refractivity contribution in [2.24, 2.45) is 0 Å². The fraction of sp³-hybridized carbons (Fsp3) is 0.412. The van der Waals surface area contributed by atoms with Gasteiger partial charge in [0, 0.05) is 18.2 Å². The van der Waals surface area contributed by atoms with E-state index in [0.717, 1.165) is 11.5 Å². The summed E-state index contributed by atoms with van der Waals surface area (Å²) in [4.78, 5) is 8.94. The molecule has 1 N–H and O–H groups in total. The predicted octanol–water partition coefficient (Wildman–Crippen LogP) is 4.23. The molecule has 1 aromatic carbocycles. The third-order valence-electron chi connectivity index (χ3n) is 3.61. The number of rotatable bonds is 3. The van der Waals surface area contributed by atoms with Gasteiger partial charge in [-0.1, -0.05) is 31.5 Å². The van der Waals surface area contributed by atoms with Crippen molar-refractivity contribution in [1.29, 1.82) is 0 Å². The third-order valence-corrected chi connectivity index (χ3v) is 3.61. The van der Waals surface area contributed by atoms with E-state index < -0.39 is 0 Å². The van der Waals surface area contributed by atoms with E-state index in [0.29, 0.717) is 5.92 Å². The molecule has 0 bridgehead atoms. The third kappa shape index (κ3) is 2.53. The molecule has 0 saturated carbocycles. The normalized spacial score (nSPS) is 10.9. The molecule has 0 saturated heterocycles. The zero-order valence-electron chi connectivity index (χ0n) is 13.2. The Balaban J connectivity index is 2.76. The van der Waals surface area contributed by atoms with Crippen LogP contribution in [-0.4, -0.2) is 17.0 Å². The summed E-state index contributed by atoms with van der Waals surface area (Å²) in [6, 6.07) is 4.43. The Morgan fingerprint density at radius 3 is 2.10 bits per heavy atom. The molecule has 1 aromatic heterocycles. The molecule has 1 heterocycles. The second kappa shape index (κ2) is 5.61. The highest BCUT2D eigenvalue weighted by molar-refractivity contribution is 5.74. The molecule has 2 rings (SSSR count). The van der Waals surface area contributed by atoms with Crippen molar-refractivity contribution in [3.63, 3.8) is 0 Å². The minimum Gasteiger partial charge on any atom is -0.373 e. The Bertz CT molecular complexity index is 607. The van der Waals surface area contributed by atoms with Crippen LogP contribution in [-0.2, 0) is 0 Å². The molecule has 0 amide bonds. The highest BCUT2D eigenvalue weighted by Crippen LogP contribution is 2.35. The van der Waals surface area contributed by atoms with Gasteiger partial charge >= 0.3 is 0 Å². The number of benzene rings is 1. The van der Waals surface area contributed by atoms with Gasteiger partial charge in [-0.05, 0) is 37.8 Å². The number of nitrogens with zero attached hydrogens (tertiary/aromatic N) is 2. The summed E-state index contributed by atoms with van der Waals surface area (Å²) >= 11 is 0. The van der Waals surface area contributed by atoms with Crippen LogP contribution >= 0.6 is 0 Å². The van der Waals surface area contributed by atoms with E-state index >= 15 is 0 Å². The number of hydrogen-bond donors (Lipinski definition) is 1. The number of aromatic nitrogens is 2. The average Bonchev–Trinajstić information content (AvgIpc) is 2.36. The van der Waals surface area contributed by atoms with Gasteiger partial charge < -0.3 is 5.32 Å². The summed E-state index contributed by atoms with van der Waals surface area (Å²) in [6.45, 7) is 10.8. The minimum atomic E-state index is 0.369. The molecule has 2 aromatic rings.